The van der Waals surface area contributed by atoms with Gasteiger partial charge in [0.15, 0.2) is 11.6 Å². The highest BCUT2D eigenvalue weighted by Crippen LogP contribution is 2.55. The highest BCUT2D eigenvalue weighted by molar-refractivity contribution is 7.19. The largest absolute Gasteiger partial charge is 0.488 e. The number of rotatable bonds is 43. The molecule has 3 saturated carbocycles. The van der Waals surface area contributed by atoms with Crippen molar-refractivity contribution in [2.24, 2.45) is 46.8 Å². The second-order valence-electron chi connectivity index (χ2n) is 33.5. The van der Waals surface area contributed by atoms with E-state index in [2.05, 4.69) is 37.2 Å². The van der Waals surface area contributed by atoms with E-state index in [0.717, 1.165) is 74.3 Å². The minimum absolute atomic E-state index is 0.0105. The van der Waals surface area contributed by atoms with Crippen LogP contribution in [0.15, 0.2) is 145 Å². The first-order chi connectivity index (χ1) is 59.3. The number of aryl methyl sites for hydroxylation is 3. The number of carbonyl (C=O) groups excluding carboxylic acids is 4. The van der Waals surface area contributed by atoms with E-state index in [1.54, 1.807) is 68.8 Å². The molecule has 1 unspecified atom stereocenters. The first-order valence-electron chi connectivity index (χ1n) is 43.6. The van der Waals surface area contributed by atoms with Crippen LogP contribution in [0.4, 0.5) is 8.78 Å². The molecule has 5 aromatic rings. The maximum absolute atomic E-state index is 15.2. The predicted octanol–water partition coefficient (Wildman–Crippen LogP) is 14.9. The third-order valence-electron chi connectivity index (χ3n) is 23.6. The maximum Gasteiger partial charge on any atom is 0.310 e. The van der Waals surface area contributed by atoms with Gasteiger partial charge in [-0.25, -0.2) is 0 Å². The zero-order valence-electron chi connectivity index (χ0n) is 72.8. The highest BCUT2D eigenvalue weighted by atomic mass is 35.5. The third-order valence-corrected chi connectivity index (χ3v) is 25.4. The molecule has 2 aromatic heterocycles. The number of aliphatic hydroxyl groups is 7. The third kappa shape index (κ3) is 32.1. The Hall–Kier alpha value is -8.50. The Morgan fingerprint density at radius 1 is 0.766 bits per heavy atom. The summed E-state index contributed by atoms with van der Waals surface area (Å²) in [5.41, 5.74) is 3.24. The quantitative estimate of drug-likeness (QED) is 0.00750. The minimum Gasteiger partial charge on any atom is -0.488 e. The number of ketones is 2. The molecule has 3 aromatic carbocycles. The second-order valence-corrected chi connectivity index (χ2v) is 35.0. The number of thiophene rings is 1. The van der Waals surface area contributed by atoms with Crippen molar-refractivity contribution in [3.8, 4) is 11.8 Å². The number of unbranched alkanes of at least 4 members (excludes halogenated alkanes) is 5. The molecule has 0 spiro atoms. The van der Waals surface area contributed by atoms with Crippen molar-refractivity contribution < 1.29 is 102 Å². The number of fused-ring (bicyclic) bond motifs is 2. The zero-order chi connectivity index (χ0) is 90.5. The van der Waals surface area contributed by atoms with Gasteiger partial charge in [-0.2, -0.15) is 14.0 Å². The molecule has 5 fully saturated rings. The standard InChI is InChI=1S/C27H33ClO5S.C24H30F2N4O3.C24H34O7.C21H33NO4/c1-27(2)25(32)18(9-5-3-4-6-12-23(30)31)19(26(27)33)15-13-17(29)14-16-22-24(28)20-10-7-8-11-21(20)34-22;1-14-6-5-7-16(12-14)15(2)18(31)11-10-17-19(32)13-20-23(17)24(25,26)21(33-20)8-3-4-9-22-27-29-30-28-22;1-29-16-18-6-3-5-17(13-18)14-19(25)8-9-20-21(23(27)15-22(20)26)10-12-31-11-4-7-24(28)30-2;1-3-4-7-10-17(2)19(23)14-12-18-13-15-20(24)22(18)16-9-6-5-8-11-21(25)26/h3,5,7-8,10-11,13,15,17-19,26,29,33H,4,6,9,12,14,16H2,1-2H3,(H,30,31);5-8,10-12,15,17-20,23,31-32H,3-4,9,13H2,1-2H3,(H,27,28,29,30);3,5-6,8-9,13,19-22,25-26H,4,7,10-12,14-16H2,1-2H3;12,14,17-19,23H,3,5-6,8-11,13,15-16H2,1-2H3,(H,25,26)/b5-3-,15-13+;11-10+,21-8-;9-8+;14-12+/t17?,18-,19-,26+;15-,17+,18-,19-,20+,23-;19-,20-,21-,22-;17-,18-,19+/m1110/s1. The Kier molecular flexibility index (Phi) is 43.5. The van der Waals surface area contributed by atoms with E-state index in [-0.39, 0.29) is 96.4 Å². The van der Waals surface area contributed by atoms with E-state index < -0.39 is 83.9 Å². The molecule has 680 valence electrons. The number of aromatic amines is 1. The maximum atomic E-state index is 15.2. The second kappa shape index (κ2) is 52.6. The van der Waals surface area contributed by atoms with Gasteiger partial charge in [0.2, 0.25) is 5.91 Å². The molecular formula is C96H130ClF2N5O19S. The van der Waals surface area contributed by atoms with Crippen LogP contribution >= 0.6 is 22.9 Å². The predicted molar refractivity (Wildman–Crippen MR) is 472 cm³/mol. The number of likely N-dealkylation sites (tertiary alicyclic amines) is 1. The van der Waals surface area contributed by atoms with Gasteiger partial charge >= 0.3 is 23.8 Å². The molecule has 28 heteroatoms. The number of alkyl halides is 2. The van der Waals surface area contributed by atoms with E-state index >= 15 is 8.78 Å². The lowest BCUT2D eigenvalue weighted by Gasteiger charge is -2.23. The van der Waals surface area contributed by atoms with E-state index in [4.69, 9.17) is 36.0 Å². The van der Waals surface area contributed by atoms with Crippen LogP contribution in [0.2, 0.25) is 5.02 Å². The van der Waals surface area contributed by atoms with E-state index in [1.807, 2.05) is 124 Å². The number of methoxy groups -OCH3 is 2. The van der Waals surface area contributed by atoms with E-state index in [1.165, 1.54) is 19.3 Å². The number of Topliss-reactive ketones (excluding diaryl/α,β-unsaturated/α-hetero) is 2. The molecule has 17 atom stereocenters. The summed E-state index contributed by atoms with van der Waals surface area (Å²) in [6.45, 7) is 13.4. The fourth-order valence-electron chi connectivity index (χ4n) is 16.4. The Morgan fingerprint density at radius 2 is 1.48 bits per heavy atom. The number of nitrogens with one attached hydrogen (secondary N) is 1. The molecule has 124 heavy (non-hydrogen) atoms. The monoisotopic (exact) mass is 1760 g/mol. The Labute approximate surface area is 737 Å². The summed E-state index contributed by atoms with van der Waals surface area (Å²) >= 11 is 8.14. The van der Waals surface area contributed by atoms with Crippen molar-refractivity contribution in [3.05, 3.63) is 183 Å². The van der Waals surface area contributed by atoms with Crippen molar-refractivity contribution in [1.29, 1.82) is 0 Å². The number of aliphatic carboxylic acids is 2. The molecule has 24 nitrogen and oxygen atoms in total. The lowest BCUT2D eigenvalue weighted by Crippen LogP contribution is -2.33. The molecule has 2 saturated heterocycles. The number of H-pyrrole nitrogens is 1. The molecule has 3 aliphatic carbocycles. The number of allylic oxidation sites excluding steroid dienone is 4. The average Bonchev–Trinajstić information content (AvgIpc) is 1.58. The van der Waals surface area contributed by atoms with Crippen LogP contribution in [0.25, 0.3) is 10.1 Å². The number of aliphatic hydroxyl groups excluding tert-OH is 7. The molecule has 5 aliphatic rings. The number of tetrazole rings is 1. The number of esters is 1. The van der Waals surface area contributed by atoms with Gasteiger partial charge in [-0.05, 0) is 119 Å². The Morgan fingerprint density at radius 3 is 2.19 bits per heavy atom. The van der Waals surface area contributed by atoms with Crippen LogP contribution < -0.4 is 0 Å². The fourth-order valence-corrected chi connectivity index (χ4v) is 17.9. The van der Waals surface area contributed by atoms with Crippen LogP contribution in [0.5, 0.6) is 0 Å². The van der Waals surface area contributed by atoms with Crippen molar-refractivity contribution in [2.75, 3.05) is 34.0 Å². The van der Waals surface area contributed by atoms with Gasteiger partial charge in [-0.3, -0.25) is 28.8 Å². The summed E-state index contributed by atoms with van der Waals surface area (Å²) in [7, 11) is 2.99. The zero-order valence-corrected chi connectivity index (χ0v) is 74.4. The number of carboxylic acid groups (broad SMARTS) is 2. The Bertz CT molecular complexity index is 4420. The molecule has 0 radical (unpaired) electrons. The SMILES string of the molecule is CC1(C)C(=O)[C@H](C/C=C\CCCC(=O)O)[C@@H](/C=C/C(O)CCc2sc3ccccc3c2Cl)[C@@H]1O.CCC#CC[C@H](C)[C@H](O)/C=C/[C@H]1CCC(=O)N1CCCCCCC(=O)O.COCc1cccc(C[C@H](O)/C=C/[C@H]2[C@H](O)CC(=O)[C@@H]2CCOCCCC(=O)OC)c1.Cc1cccc([C@@H](C)[C@H](O)/C=C/[C@@H]2[C@@H]3[C@H](C[C@H]2O)O/C(=C\CCCc2nn[nH]n2)C3(F)F)c1. The van der Waals surface area contributed by atoms with Crippen LogP contribution in [0, 0.1) is 65.6 Å². The lowest BCUT2D eigenvalue weighted by atomic mass is 9.86. The molecular weight excluding hydrogens is 1630 g/mol. The van der Waals surface area contributed by atoms with Gasteiger partial charge in [0, 0.05) is 142 Å². The van der Waals surface area contributed by atoms with Gasteiger partial charge in [-0.1, -0.05) is 197 Å². The number of aromatic nitrogens is 4. The summed E-state index contributed by atoms with van der Waals surface area (Å²) in [6.07, 6.45) is 25.9. The summed E-state index contributed by atoms with van der Waals surface area (Å²) in [6, 6.07) is 23.7. The average molecular weight is 1760 g/mol. The van der Waals surface area contributed by atoms with Crippen LogP contribution in [-0.4, -0.2) is 202 Å². The van der Waals surface area contributed by atoms with Crippen molar-refractivity contribution >= 4 is 68.4 Å². The van der Waals surface area contributed by atoms with Gasteiger partial charge in [0.1, 0.15) is 17.7 Å². The number of nitrogens with zero attached hydrogens (tertiary/aromatic N) is 4. The minimum atomic E-state index is -3.18. The molecule has 1 amide bonds. The first kappa shape index (κ1) is 103. The number of carboxylic acids is 2. The molecule has 2 aliphatic heterocycles. The fraction of sp³-hybridized carbons (Fsp3) is 0.573. The van der Waals surface area contributed by atoms with Crippen LogP contribution in [0.1, 0.15) is 208 Å². The van der Waals surface area contributed by atoms with Crippen LogP contribution in [-0.2, 0) is 73.6 Å². The van der Waals surface area contributed by atoms with E-state index in [9.17, 15) is 64.5 Å². The summed E-state index contributed by atoms with van der Waals surface area (Å²) in [5.74, 6) is -2.04. The number of carbonyl (C=O) groups is 6. The molecule has 4 heterocycles. The van der Waals surface area contributed by atoms with Crippen molar-refractivity contribution in [3.63, 3.8) is 0 Å². The number of halogens is 3. The lowest BCUT2D eigenvalue weighted by molar-refractivity contribution is -0.141. The van der Waals surface area contributed by atoms with Gasteiger partial charge in [-0.15, -0.1) is 33.4 Å². The van der Waals surface area contributed by atoms with Crippen LogP contribution in [0.3, 0.4) is 0 Å². The number of hydrogen-bond donors (Lipinski definition) is 10. The van der Waals surface area contributed by atoms with Crippen molar-refractivity contribution in [2.45, 2.75) is 269 Å². The normalized spacial score (nSPS) is 23.9. The molecule has 10 N–H and O–H groups in total. The topological polar surface area (TPSA) is 379 Å². The number of benzene rings is 3. The first-order valence-corrected chi connectivity index (χ1v) is 44.8. The number of ether oxygens (including phenoxy) is 4. The Balaban J connectivity index is 0.000000228. The molecule has 10 rings (SSSR count). The molecule has 0 bridgehead atoms. The van der Waals surface area contributed by atoms with E-state index in [0.29, 0.717) is 129 Å². The number of hydrogen-bond acceptors (Lipinski definition) is 21. The summed E-state index contributed by atoms with van der Waals surface area (Å²) < 4.78 is 52.4. The van der Waals surface area contributed by atoms with Gasteiger partial charge in [0.25, 0.3) is 0 Å². The smallest absolute Gasteiger partial charge is 0.310 e. The van der Waals surface area contributed by atoms with Gasteiger partial charge < -0.3 is 69.8 Å². The van der Waals surface area contributed by atoms with Gasteiger partial charge in [0.05, 0.1) is 78.8 Å². The summed E-state index contributed by atoms with van der Waals surface area (Å²) in [4.78, 5) is 72.4. The summed E-state index contributed by atoms with van der Waals surface area (Å²) in [5, 5.41) is 106. The van der Waals surface area contributed by atoms with Crippen molar-refractivity contribution in [1.82, 2.24) is 25.5 Å². The highest BCUT2D eigenvalue weighted by Gasteiger charge is 2.63. The number of amides is 1.